The quantitative estimate of drug-likeness (QED) is 0.733. The molecular formula is C20H25N3O4. The molecular weight excluding hydrogens is 346 g/mol. The van der Waals surface area contributed by atoms with Gasteiger partial charge >= 0.3 is 0 Å². The van der Waals surface area contributed by atoms with Gasteiger partial charge in [0.15, 0.2) is 0 Å². The first-order valence-electron chi connectivity index (χ1n) is 8.90. The third-order valence-electron chi connectivity index (χ3n) is 3.78. The van der Waals surface area contributed by atoms with Crippen LogP contribution < -0.4 is 14.8 Å². The summed E-state index contributed by atoms with van der Waals surface area (Å²) in [4.78, 5) is 31.1. The van der Waals surface area contributed by atoms with E-state index in [-0.39, 0.29) is 24.2 Å². The highest BCUT2D eigenvalue weighted by molar-refractivity contribution is 6.01. The van der Waals surface area contributed by atoms with Gasteiger partial charge in [-0.25, -0.2) is 4.98 Å². The molecule has 0 bridgehead atoms. The first-order valence-corrected chi connectivity index (χ1v) is 8.90. The van der Waals surface area contributed by atoms with Gasteiger partial charge in [0.25, 0.3) is 5.91 Å². The zero-order valence-corrected chi connectivity index (χ0v) is 15.9. The number of aromatic nitrogens is 1. The summed E-state index contributed by atoms with van der Waals surface area (Å²) >= 11 is 0. The molecule has 0 aliphatic rings. The molecule has 1 aromatic carbocycles. The van der Waals surface area contributed by atoms with Crippen molar-refractivity contribution in [3.63, 3.8) is 0 Å². The molecule has 2 rings (SSSR count). The normalized spacial score (nSPS) is 10.2. The highest BCUT2D eigenvalue weighted by atomic mass is 16.5. The van der Waals surface area contributed by atoms with Gasteiger partial charge in [-0.15, -0.1) is 0 Å². The van der Waals surface area contributed by atoms with E-state index in [9.17, 15) is 9.59 Å². The number of hydrogen-bond acceptors (Lipinski definition) is 5. The smallest absolute Gasteiger partial charge is 0.259 e. The van der Waals surface area contributed by atoms with Crippen molar-refractivity contribution < 1.29 is 19.1 Å². The number of ether oxygens (including phenoxy) is 2. The summed E-state index contributed by atoms with van der Waals surface area (Å²) in [6.07, 6.45) is 2.29. The average Bonchev–Trinajstić information content (AvgIpc) is 2.68. The number of nitrogens with one attached hydrogen (secondary N) is 1. The predicted octanol–water partition coefficient (Wildman–Crippen LogP) is 2.98. The molecule has 0 saturated carbocycles. The van der Waals surface area contributed by atoms with Crippen molar-refractivity contribution in [2.24, 2.45) is 0 Å². The number of rotatable bonds is 9. The molecule has 0 radical (unpaired) electrons. The molecule has 144 valence electrons. The molecule has 0 fully saturated rings. The minimum atomic E-state index is -0.303. The molecule has 7 nitrogen and oxygen atoms in total. The third kappa shape index (κ3) is 5.44. The summed E-state index contributed by atoms with van der Waals surface area (Å²) in [7, 11) is 1.54. The van der Waals surface area contributed by atoms with Gasteiger partial charge in [-0.05, 0) is 37.6 Å². The molecule has 0 atom stereocenters. The van der Waals surface area contributed by atoms with Gasteiger partial charge < -0.3 is 19.7 Å². The second kappa shape index (κ2) is 10.2. The van der Waals surface area contributed by atoms with Crippen molar-refractivity contribution >= 4 is 17.5 Å². The lowest BCUT2D eigenvalue weighted by atomic mass is 10.2. The summed E-state index contributed by atoms with van der Waals surface area (Å²) in [6.45, 7) is 4.54. The highest BCUT2D eigenvalue weighted by Crippen LogP contribution is 2.23. The Morgan fingerprint density at radius 1 is 1.15 bits per heavy atom. The number of nitrogens with zero attached hydrogens (tertiary/aromatic N) is 2. The molecule has 1 N–H and O–H groups in total. The van der Waals surface area contributed by atoms with E-state index < -0.39 is 0 Å². The third-order valence-corrected chi connectivity index (χ3v) is 3.78. The Labute approximate surface area is 159 Å². The molecule has 0 unspecified atom stereocenters. The number of amides is 2. The number of hydrogen-bond donors (Lipinski definition) is 1. The van der Waals surface area contributed by atoms with Crippen LogP contribution in [0.4, 0.5) is 5.69 Å². The van der Waals surface area contributed by atoms with Gasteiger partial charge in [0.1, 0.15) is 17.9 Å². The molecule has 1 aromatic heterocycles. The fourth-order valence-corrected chi connectivity index (χ4v) is 2.61. The molecule has 2 aromatic rings. The minimum Gasteiger partial charge on any atom is -0.495 e. The van der Waals surface area contributed by atoms with Crippen molar-refractivity contribution in [3.05, 3.63) is 48.2 Å². The number of anilines is 1. The Kier molecular flexibility index (Phi) is 7.61. The maximum Gasteiger partial charge on any atom is 0.259 e. The van der Waals surface area contributed by atoms with Crippen LogP contribution in [0.3, 0.4) is 0 Å². The fraction of sp³-hybridized carbons (Fsp3) is 0.350. The maximum absolute atomic E-state index is 12.9. The summed E-state index contributed by atoms with van der Waals surface area (Å²) in [5.74, 6) is 0.244. The monoisotopic (exact) mass is 371 g/mol. The largest absolute Gasteiger partial charge is 0.495 e. The molecule has 0 aliphatic heterocycles. The van der Waals surface area contributed by atoms with E-state index in [0.29, 0.717) is 30.2 Å². The zero-order chi connectivity index (χ0) is 19.6. The van der Waals surface area contributed by atoms with Crippen molar-refractivity contribution in [1.82, 2.24) is 9.88 Å². The van der Waals surface area contributed by atoms with E-state index in [1.165, 1.54) is 12.0 Å². The van der Waals surface area contributed by atoms with E-state index in [0.717, 1.165) is 6.42 Å². The SMILES string of the molecule is CCCN(CC(=O)Nc1ccccc1OC)C(=O)c1cccnc1OCC. The van der Waals surface area contributed by atoms with Gasteiger partial charge in [0, 0.05) is 12.7 Å². The Morgan fingerprint density at radius 2 is 1.93 bits per heavy atom. The molecule has 7 heteroatoms. The maximum atomic E-state index is 12.9. The highest BCUT2D eigenvalue weighted by Gasteiger charge is 2.22. The topological polar surface area (TPSA) is 80.8 Å². The lowest BCUT2D eigenvalue weighted by molar-refractivity contribution is -0.116. The van der Waals surface area contributed by atoms with Crippen molar-refractivity contribution in [2.45, 2.75) is 20.3 Å². The van der Waals surface area contributed by atoms with Gasteiger partial charge in [-0.2, -0.15) is 0 Å². The standard InChI is InChI=1S/C20H25N3O4/c1-4-13-23(20(25)15-9-8-12-21-19(15)27-5-2)14-18(24)22-16-10-6-7-11-17(16)26-3/h6-12H,4-5,13-14H2,1-3H3,(H,22,24). The zero-order valence-electron chi connectivity index (χ0n) is 15.9. The molecule has 1 heterocycles. The molecule has 0 saturated heterocycles. The van der Waals surface area contributed by atoms with Crippen LogP contribution >= 0.6 is 0 Å². The number of pyridine rings is 1. The molecule has 27 heavy (non-hydrogen) atoms. The van der Waals surface area contributed by atoms with Crippen LogP contribution in [0, 0.1) is 0 Å². The van der Waals surface area contributed by atoms with Crippen LogP contribution in [-0.4, -0.2) is 48.5 Å². The van der Waals surface area contributed by atoms with Crippen molar-refractivity contribution in [3.8, 4) is 11.6 Å². The Bertz CT molecular complexity index is 779. The van der Waals surface area contributed by atoms with Crippen LogP contribution in [-0.2, 0) is 4.79 Å². The lowest BCUT2D eigenvalue weighted by Crippen LogP contribution is -2.38. The van der Waals surface area contributed by atoms with Gasteiger partial charge in [0.2, 0.25) is 11.8 Å². The Hall–Kier alpha value is -3.09. The van der Waals surface area contributed by atoms with Crippen LogP contribution in [0.15, 0.2) is 42.6 Å². The second-order valence-corrected chi connectivity index (χ2v) is 5.76. The minimum absolute atomic E-state index is 0.0782. The first kappa shape index (κ1) is 20.2. The van der Waals surface area contributed by atoms with Crippen molar-refractivity contribution in [1.29, 1.82) is 0 Å². The van der Waals surface area contributed by atoms with Crippen molar-refractivity contribution in [2.75, 3.05) is 32.1 Å². The number of benzene rings is 1. The molecule has 0 aliphatic carbocycles. The summed E-state index contributed by atoms with van der Waals surface area (Å²) < 4.78 is 10.7. The second-order valence-electron chi connectivity index (χ2n) is 5.76. The van der Waals surface area contributed by atoms with Gasteiger partial charge in [0.05, 0.1) is 19.4 Å². The summed E-state index contributed by atoms with van der Waals surface area (Å²) in [5.41, 5.74) is 0.906. The van der Waals surface area contributed by atoms with E-state index in [1.54, 1.807) is 36.5 Å². The van der Waals surface area contributed by atoms with Crippen LogP contribution in [0.25, 0.3) is 0 Å². The van der Waals surface area contributed by atoms with E-state index in [2.05, 4.69) is 10.3 Å². The number of methoxy groups -OCH3 is 1. The Balaban J connectivity index is 2.15. The first-order chi connectivity index (χ1) is 13.1. The predicted molar refractivity (Wildman–Crippen MR) is 103 cm³/mol. The Morgan fingerprint density at radius 3 is 2.63 bits per heavy atom. The lowest BCUT2D eigenvalue weighted by Gasteiger charge is -2.22. The van der Waals surface area contributed by atoms with Gasteiger partial charge in [-0.3, -0.25) is 9.59 Å². The molecule has 2 amide bonds. The van der Waals surface area contributed by atoms with Crippen LogP contribution in [0.5, 0.6) is 11.6 Å². The summed E-state index contributed by atoms with van der Waals surface area (Å²) in [6, 6.07) is 10.5. The van der Waals surface area contributed by atoms with E-state index >= 15 is 0 Å². The number of para-hydroxylation sites is 2. The van der Waals surface area contributed by atoms with Crippen LogP contribution in [0.2, 0.25) is 0 Å². The van der Waals surface area contributed by atoms with E-state index in [4.69, 9.17) is 9.47 Å². The number of carbonyl (C=O) groups excluding carboxylic acids is 2. The number of carbonyl (C=O) groups is 2. The molecule has 0 spiro atoms. The summed E-state index contributed by atoms with van der Waals surface area (Å²) in [5, 5.41) is 2.79. The van der Waals surface area contributed by atoms with Gasteiger partial charge in [-0.1, -0.05) is 19.1 Å². The van der Waals surface area contributed by atoms with Crippen LogP contribution in [0.1, 0.15) is 30.6 Å². The fourth-order valence-electron chi connectivity index (χ4n) is 2.61. The van der Waals surface area contributed by atoms with E-state index in [1.807, 2.05) is 19.9 Å². The average molecular weight is 371 g/mol.